The molecule has 3 unspecified atom stereocenters. The lowest BCUT2D eigenvalue weighted by molar-refractivity contribution is -0.386. The van der Waals surface area contributed by atoms with Gasteiger partial charge in [0.2, 0.25) is 6.41 Å². The second-order valence-corrected chi connectivity index (χ2v) is 7.14. The summed E-state index contributed by atoms with van der Waals surface area (Å²) in [5, 5.41) is 21.5. The Bertz CT molecular complexity index is 707. The van der Waals surface area contributed by atoms with Gasteiger partial charge in [0.1, 0.15) is 18.0 Å². The zero-order valence-corrected chi connectivity index (χ0v) is 15.5. The Balaban J connectivity index is 2.21. The van der Waals surface area contributed by atoms with Gasteiger partial charge in [-0.25, -0.2) is 9.29 Å². The van der Waals surface area contributed by atoms with Gasteiger partial charge in [0.05, 0.1) is 17.6 Å². The van der Waals surface area contributed by atoms with Crippen molar-refractivity contribution in [3.8, 4) is 5.75 Å². The van der Waals surface area contributed by atoms with Crippen molar-refractivity contribution in [2.45, 2.75) is 51.4 Å². The maximum atomic E-state index is 13.5. The number of carbonyl (C=O) groups is 1. The number of nitro benzene ring substituents is 1. The lowest BCUT2D eigenvalue weighted by Crippen LogP contribution is -2.47. The molecule has 1 aliphatic rings. The van der Waals surface area contributed by atoms with Crippen LogP contribution in [0.15, 0.2) is 18.2 Å². The number of aliphatic hydroxyl groups excluding tert-OH is 1. The molecular weight excluding hydrogens is 363 g/mol. The van der Waals surface area contributed by atoms with E-state index in [4.69, 9.17) is 14.2 Å². The van der Waals surface area contributed by atoms with Crippen LogP contribution in [0.3, 0.4) is 0 Å². The highest BCUT2D eigenvalue weighted by atomic mass is 19.1. The number of ether oxygens (including phenoxy) is 3. The van der Waals surface area contributed by atoms with Crippen LogP contribution in [-0.2, 0) is 14.3 Å². The molecule has 1 aromatic rings. The quantitative estimate of drug-likeness (QED) is 0.341. The highest BCUT2D eigenvalue weighted by Crippen LogP contribution is 2.32. The van der Waals surface area contributed by atoms with E-state index in [2.05, 4.69) is 0 Å². The Morgan fingerprint density at radius 2 is 2.11 bits per heavy atom. The molecule has 150 valence electrons. The van der Waals surface area contributed by atoms with E-state index in [0.717, 1.165) is 18.2 Å². The van der Waals surface area contributed by atoms with Crippen LogP contribution in [0.2, 0.25) is 0 Å². The largest absolute Gasteiger partial charge is 0.482 e. The molecule has 0 amide bonds. The van der Waals surface area contributed by atoms with E-state index < -0.39 is 46.6 Å². The summed E-state index contributed by atoms with van der Waals surface area (Å²) in [6, 6.07) is 2.01. The molecule has 1 aliphatic heterocycles. The van der Waals surface area contributed by atoms with Crippen LogP contribution in [0.5, 0.6) is 5.75 Å². The molecule has 0 aromatic heterocycles. The van der Waals surface area contributed by atoms with Gasteiger partial charge in [0, 0.05) is 25.1 Å². The number of likely N-dealkylation sites (tertiary alicyclic amines) is 1. The molecule has 0 spiro atoms. The first-order chi connectivity index (χ1) is 12.5. The van der Waals surface area contributed by atoms with Crippen molar-refractivity contribution < 1.29 is 33.4 Å². The number of nitro groups is 1. The van der Waals surface area contributed by atoms with E-state index in [9.17, 15) is 24.4 Å². The van der Waals surface area contributed by atoms with Crippen molar-refractivity contribution in [2.75, 3.05) is 13.7 Å². The molecule has 9 nitrogen and oxygen atoms in total. The average Bonchev–Trinajstić information content (AvgIpc) is 2.96. The van der Waals surface area contributed by atoms with Crippen LogP contribution in [0, 0.1) is 15.9 Å². The van der Waals surface area contributed by atoms with E-state index in [-0.39, 0.29) is 18.7 Å². The molecule has 10 heteroatoms. The highest BCUT2D eigenvalue weighted by molar-refractivity contribution is 5.76. The molecule has 3 atom stereocenters. The third kappa shape index (κ3) is 5.34. The number of hydrogen-bond acceptors (Lipinski definition) is 8. The highest BCUT2D eigenvalue weighted by Gasteiger charge is 2.43. The van der Waals surface area contributed by atoms with Gasteiger partial charge in [-0.15, -0.1) is 0 Å². The summed E-state index contributed by atoms with van der Waals surface area (Å²) in [6.07, 6.45) is -2.04. The van der Waals surface area contributed by atoms with Gasteiger partial charge < -0.3 is 19.3 Å². The van der Waals surface area contributed by atoms with Gasteiger partial charge in [-0.3, -0.25) is 14.9 Å². The zero-order chi connectivity index (χ0) is 20.4. The van der Waals surface area contributed by atoms with E-state index in [1.165, 1.54) is 12.0 Å². The topological polar surface area (TPSA) is 111 Å². The molecule has 1 N–H and O–H groups in total. The molecule has 1 saturated heterocycles. The molecular formula is C17H23FN2O7. The normalized spacial score (nSPS) is 21.7. The number of esters is 1. The van der Waals surface area contributed by atoms with Gasteiger partial charge in [-0.2, -0.15) is 0 Å². The Morgan fingerprint density at radius 3 is 2.67 bits per heavy atom. The van der Waals surface area contributed by atoms with Gasteiger partial charge in [0.25, 0.3) is 0 Å². The fraction of sp³-hybridized carbons (Fsp3) is 0.588. The van der Waals surface area contributed by atoms with Crippen molar-refractivity contribution in [1.82, 2.24) is 4.90 Å². The molecule has 1 aromatic carbocycles. The molecule has 1 heterocycles. The van der Waals surface area contributed by atoms with E-state index >= 15 is 0 Å². The lowest BCUT2D eigenvalue weighted by atomic mass is 10.2. The Kier molecular flexibility index (Phi) is 6.34. The maximum Gasteiger partial charge on any atom is 0.323 e. The second-order valence-electron chi connectivity index (χ2n) is 7.14. The fourth-order valence-electron chi connectivity index (χ4n) is 2.82. The van der Waals surface area contributed by atoms with Crippen LogP contribution >= 0.6 is 0 Å². The van der Waals surface area contributed by atoms with E-state index in [1.807, 2.05) is 0 Å². The summed E-state index contributed by atoms with van der Waals surface area (Å²) in [4.78, 5) is 23.8. The number of nitrogens with zero attached hydrogens (tertiary/aromatic N) is 2. The standard InChI is InChI=1S/C17H23FN2O7/c1-17(2,3)27-16(22)19-9-11(8-13(19)15(21)25-4)26-14-7-10(18)5-6-12(14)20(23)24/h5-7,11,13,16,22H,8-9H2,1-4H3. The fourth-order valence-corrected chi connectivity index (χ4v) is 2.82. The molecule has 0 aliphatic carbocycles. The SMILES string of the molecule is COC(=O)C1CC(Oc2cc(F)ccc2[N+](=O)[O-])CN1C(O)OC(C)(C)C. The van der Waals surface area contributed by atoms with E-state index in [1.54, 1.807) is 20.8 Å². The van der Waals surface area contributed by atoms with Crippen molar-refractivity contribution >= 4 is 11.7 Å². The maximum absolute atomic E-state index is 13.5. The van der Waals surface area contributed by atoms with Gasteiger partial charge >= 0.3 is 11.7 Å². The average molecular weight is 386 g/mol. The van der Waals surface area contributed by atoms with Crippen LogP contribution in [0.25, 0.3) is 0 Å². The molecule has 0 radical (unpaired) electrons. The summed E-state index contributed by atoms with van der Waals surface area (Å²) in [5.74, 6) is -1.54. The predicted molar refractivity (Wildman–Crippen MR) is 91.4 cm³/mol. The number of methoxy groups -OCH3 is 1. The minimum absolute atomic E-state index is 0.0324. The monoisotopic (exact) mass is 386 g/mol. The third-order valence-corrected chi connectivity index (χ3v) is 3.93. The summed E-state index contributed by atoms with van der Waals surface area (Å²) < 4.78 is 29.3. The van der Waals surface area contributed by atoms with Crippen LogP contribution < -0.4 is 4.74 Å². The first-order valence-corrected chi connectivity index (χ1v) is 8.32. The number of aliphatic hydroxyl groups is 1. The minimum Gasteiger partial charge on any atom is -0.482 e. The number of halogens is 1. The first-order valence-electron chi connectivity index (χ1n) is 8.32. The number of hydrogen-bond donors (Lipinski definition) is 1. The molecule has 1 fully saturated rings. The second kappa shape index (κ2) is 8.15. The first kappa shape index (κ1) is 21.0. The van der Waals surface area contributed by atoms with Gasteiger partial charge in [-0.05, 0) is 26.8 Å². The summed E-state index contributed by atoms with van der Waals surface area (Å²) in [6.45, 7) is 5.25. The number of carbonyl (C=O) groups excluding carboxylic acids is 1. The Labute approximate surface area is 155 Å². The molecule has 27 heavy (non-hydrogen) atoms. The van der Waals surface area contributed by atoms with Crippen LogP contribution in [0.1, 0.15) is 27.2 Å². The molecule has 0 saturated carbocycles. The lowest BCUT2D eigenvalue weighted by Gasteiger charge is -2.32. The van der Waals surface area contributed by atoms with Crippen LogP contribution in [-0.4, -0.2) is 58.7 Å². The Morgan fingerprint density at radius 1 is 1.44 bits per heavy atom. The van der Waals surface area contributed by atoms with Crippen molar-refractivity contribution in [3.63, 3.8) is 0 Å². The molecule has 0 bridgehead atoms. The van der Waals surface area contributed by atoms with Crippen molar-refractivity contribution in [1.29, 1.82) is 0 Å². The summed E-state index contributed by atoms with van der Waals surface area (Å²) in [5.41, 5.74) is -1.07. The van der Waals surface area contributed by atoms with Gasteiger partial charge in [0.15, 0.2) is 5.75 Å². The predicted octanol–water partition coefficient (Wildman–Crippen LogP) is 1.82. The number of benzene rings is 1. The van der Waals surface area contributed by atoms with Crippen molar-refractivity contribution in [2.24, 2.45) is 0 Å². The van der Waals surface area contributed by atoms with Crippen molar-refractivity contribution in [3.05, 3.63) is 34.1 Å². The minimum atomic E-state index is -1.41. The smallest absolute Gasteiger partial charge is 0.323 e. The van der Waals surface area contributed by atoms with Crippen LogP contribution in [0.4, 0.5) is 10.1 Å². The zero-order valence-electron chi connectivity index (χ0n) is 15.5. The van der Waals surface area contributed by atoms with E-state index in [0.29, 0.717) is 0 Å². The summed E-state index contributed by atoms with van der Waals surface area (Å²) >= 11 is 0. The number of rotatable bonds is 6. The molecule has 2 rings (SSSR count). The third-order valence-electron chi connectivity index (χ3n) is 3.93. The van der Waals surface area contributed by atoms with Gasteiger partial charge in [-0.1, -0.05) is 0 Å². The Hall–Kier alpha value is -2.30. The summed E-state index contributed by atoms with van der Waals surface area (Å²) in [7, 11) is 1.21.